The summed E-state index contributed by atoms with van der Waals surface area (Å²) in [5.74, 6) is -1.33. The lowest BCUT2D eigenvalue weighted by Crippen LogP contribution is -2.21. The van der Waals surface area contributed by atoms with Crippen molar-refractivity contribution in [3.63, 3.8) is 0 Å². The Morgan fingerprint density at radius 3 is 2.56 bits per heavy atom. The van der Waals surface area contributed by atoms with Crippen LogP contribution in [0.3, 0.4) is 0 Å². The van der Waals surface area contributed by atoms with E-state index in [4.69, 9.17) is 5.26 Å². The second kappa shape index (κ2) is 5.83. The van der Waals surface area contributed by atoms with Gasteiger partial charge in [-0.2, -0.15) is 18.4 Å². The normalized spacial score (nSPS) is 13.1. The molecule has 1 N–H and O–H groups in total. The highest BCUT2D eigenvalue weighted by atomic mass is 19.4. The summed E-state index contributed by atoms with van der Waals surface area (Å²) in [7, 11) is 0. The Morgan fingerprint density at radius 1 is 1.39 bits per heavy atom. The van der Waals surface area contributed by atoms with E-state index in [-0.39, 0.29) is 5.56 Å². The SMILES string of the molecule is CCCNC(C#N)c1ccc(F)c(C(F)(F)F)c1. The molecule has 0 radical (unpaired) electrons. The maximum Gasteiger partial charge on any atom is 0.419 e. The van der Waals surface area contributed by atoms with Crippen molar-refractivity contribution >= 4 is 0 Å². The quantitative estimate of drug-likeness (QED) is 0.842. The standard InChI is InChI=1S/C12H12F4N2/c1-2-5-18-11(7-17)8-3-4-10(13)9(6-8)12(14,15)16/h3-4,6,11,18H,2,5H2,1H3. The molecule has 0 spiro atoms. The summed E-state index contributed by atoms with van der Waals surface area (Å²) in [6.07, 6.45) is -4.02. The third-order valence-electron chi connectivity index (χ3n) is 2.36. The molecule has 98 valence electrons. The van der Waals surface area contributed by atoms with Crippen LogP contribution in [-0.2, 0) is 6.18 Å². The largest absolute Gasteiger partial charge is 0.419 e. The predicted molar refractivity (Wildman–Crippen MR) is 58.0 cm³/mol. The molecule has 0 fully saturated rings. The van der Waals surface area contributed by atoms with Crippen LogP contribution in [0.5, 0.6) is 0 Å². The lowest BCUT2D eigenvalue weighted by molar-refractivity contribution is -0.140. The third kappa shape index (κ3) is 3.44. The summed E-state index contributed by atoms with van der Waals surface area (Å²) in [4.78, 5) is 0. The van der Waals surface area contributed by atoms with Gasteiger partial charge in [-0.05, 0) is 30.7 Å². The van der Waals surface area contributed by atoms with Gasteiger partial charge in [0.1, 0.15) is 11.9 Å². The zero-order valence-electron chi connectivity index (χ0n) is 9.68. The Bertz CT molecular complexity index is 448. The number of benzene rings is 1. The van der Waals surface area contributed by atoms with Gasteiger partial charge in [0.25, 0.3) is 0 Å². The molecule has 0 heterocycles. The second-order valence-corrected chi connectivity index (χ2v) is 3.75. The van der Waals surface area contributed by atoms with Crippen molar-refractivity contribution < 1.29 is 17.6 Å². The molecule has 1 aromatic rings. The predicted octanol–water partition coefficient (Wildman–Crippen LogP) is 3.41. The molecule has 1 rings (SSSR count). The van der Waals surface area contributed by atoms with Crippen molar-refractivity contribution in [2.24, 2.45) is 0 Å². The van der Waals surface area contributed by atoms with Gasteiger partial charge < -0.3 is 0 Å². The summed E-state index contributed by atoms with van der Waals surface area (Å²) in [6, 6.07) is 3.57. The van der Waals surface area contributed by atoms with Crippen molar-refractivity contribution in [3.05, 3.63) is 35.1 Å². The number of halogens is 4. The molecule has 18 heavy (non-hydrogen) atoms. The zero-order chi connectivity index (χ0) is 13.8. The molecular weight excluding hydrogens is 248 g/mol. The highest BCUT2D eigenvalue weighted by Gasteiger charge is 2.34. The molecule has 0 aliphatic carbocycles. The van der Waals surface area contributed by atoms with Crippen molar-refractivity contribution in [3.8, 4) is 6.07 Å². The smallest absolute Gasteiger partial charge is 0.298 e. The Balaban J connectivity index is 3.07. The molecule has 0 aromatic heterocycles. The van der Waals surface area contributed by atoms with E-state index >= 15 is 0 Å². The van der Waals surface area contributed by atoms with Gasteiger partial charge in [0.2, 0.25) is 0 Å². The molecule has 0 saturated carbocycles. The molecular formula is C12H12F4N2. The van der Waals surface area contributed by atoms with Gasteiger partial charge in [0.05, 0.1) is 11.6 Å². The fourth-order valence-corrected chi connectivity index (χ4v) is 1.47. The van der Waals surface area contributed by atoms with Crippen LogP contribution in [0.1, 0.15) is 30.5 Å². The minimum absolute atomic E-state index is 0.111. The summed E-state index contributed by atoms with van der Waals surface area (Å²) >= 11 is 0. The number of rotatable bonds is 4. The second-order valence-electron chi connectivity index (χ2n) is 3.75. The minimum atomic E-state index is -4.76. The fourth-order valence-electron chi connectivity index (χ4n) is 1.47. The van der Waals surface area contributed by atoms with E-state index in [2.05, 4.69) is 5.32 Å². The Morgan fingerprint density at radius 2 is 2.06 bits per heavy atom. The number of nitriles is 1. The summed E-state index contributed by atoms with van der Waals surface area (Å²) in [6.45, 7) is 2.37. The van der Waals surface area contributed by atoms with E-state index in [0.29, 0.717) is 12.6 Å². The first kappa shape index (κ1) is 14.5. The van der Waals surface area contributed by atoms with E-state index in [0.717, 1.165) is 12.5 Å². The minimum Gasteiger partial charge on any atom is -0.298 e. The van der Waals surface area contributed by atoms with Gasteiger partial charge in [-0.1, -0.05) is 13.0 Å². The van der Waals surface area contributed by atoms with Crippen molar-refractivity contribution in [2.45, 2.75) is 25.6 Å². The number of hydrogen-bond donors (Lipinski definition) is 1. The first-order valence-corrected chi connectivity index (χ1v) is 5.39. The molecule has 6 heteroatoms. The maximum absolute atomic E-state index is 13.1. The van der Waals surface area contributed by atoms with Gasteiger partial charge in [-0.15, -0.1) is 0 Å². The first-order valence-electron chi connectivity index (χ1n) is 5.39. The van der Waals surface area contributed by atoms with E-state index in [1.165, 1.54) is 6.07 Å². The molecule has 0 amide bonds. The summed E-state index contributed by atoms with van der Waals surface area (Å²) < 4.78 is 50.6. The van der Waals surface area contributed by atoms with Crippen LogP contribution in [0.4, 0.5) is 17.6 Å². The van der Waals surface area contributed by atoms with Gasteiger partial charge in [0, 0.05) is 0 Å². The van der Waals surface area contributed by atoms with Crippen LogP contribution in [0, 0.1) is 17.1 Å². The van der Waals surface area contributed by atoms with Crippen LogP contribution in [-0.4, -0.2) is 6.54 Å². The van der Waals surface area contributed by atoms with Crippen molar-refractivity contribution in [1.29, 1.82) is 5.26 Å². The van der Waals surface area contributed by atoms with Crippen LogP contribution >= 0.6 is 0 Å². The first-order chi connectivity index (χ1) is 8.40. The van der Waals surface area contributed by atoms with E-state index in [9.17, 15) is 17.6 Å². The van der Waals surface area contributed by atoms with Gasteiger partial charge in [0.15, 0.2) is 0 Å². The highest BCUT2D eigenvalue weighted by Crippen LogP contribution is 2.32. The molecule has 2 nitrogen and oxygen atoms in total. The Kier molecular flexibility index (Phi) is 4.68. The molecule has 0 aliphatic rings. The van der Waals surface area contributed by atoms with Crippen LogP contribution < -0.4 is 5.32 Å². The molecule has 1 unspecified atom stereocenters. The molecule has 0 aliphatic heterocycles. The maximum atomic E-state index is 13.1. The molecule has 1 aromatic carbocycles. The van der Waals surface area contributed by atoms with E-state index in [1.54, 1.807) is 0 Å². The van der Waals surface area contributed by atoms with Gasteiger partial charge >= 0.3 is 6.18 Å². The molecule has 0 bridgehead atoms. The van der Waals surface area contributed by atoms with E-state index < -0.39 is 23.6 Å². The van der Waals surface area contributed by atoms with E-state index in [1.807, 2.05) is 13.0 Å². The average Bonchev–Trinajstić information content (AvgIpc) is 2.30. The average molecular weight is 260 g/mol. The number of nitrogens with zero attached hydrogens (tertiary/aromatic N) is 1. The summed E-state index contributed by atoms with van der Waals surface area (Å²) in [5.41, 5.74) is -1.24. The number of nitrogens with one attached hydrogen (secondary N) is 1. The third-order valence-corrected chi connectivity index (χ3v) is 2.36. The number of hydrogen-bond acceptors (Lipinski definition) is 2. The fraction of sp³-hybridized carbons (Fsp3) is 0.417. The lowest BCUT2D eigenvalue weighted by Gasteiger charge is -2.14. The van der Waals surface area contributed by atoms with Crippen LogP contribution in [0.25, 0.3) is 0 Å². The topological polar surface area (TPSA) is 35.8 Å². The molecule has 0 saturated heterocycles. The lowest BCUT2D eigenvalue weighted by atomic mass is 10.0. The molecule has 1 atom stereocenters. The van der Waals surface area contributed by atoms with Gasteiger partial charge in [-0.3, -0.25) is 5.32 Å². The number of alkyl halides is 3. The van der Waals surface area contributed by atoms with Crippen molar-refractivity contribution in [1.82, 2.24) is 5.32 Å². The highest BCUT2D eigenvalue weighted by molar-refractivity contribution is 5.32. The van der Waals surface area contributed by atoms with Gasteiger partial charge in [-0.25, -0.2) is 4.39 Å². The van der Waals surface area contributed by atoms with Crippen LogP contribution in [0.2, 0.25) is 0 Å². The zero-order valence-corrected chi connectivity index (χ0v) is 9.68. The van der Waals surface area contributed by atoms with Crippen molar-refractivity contribution in [2.75, 3.05) is 6.54 Å². The van der Waals surface area contributed by atoms with Crippen LogP contribution in [0.15, 0.2) is 18.2 Å². The monoisotopic (exact) mass is 260 g/mol. The summed E-state index contributed by atoms with van der Waals surface area (Å²) in [5, 5.41) is 11.7. The Labute approximate surface area is 102 Å². The Hall–Kier alpha value is -1.61.